The summed E-state index contributed by atoms with van der Waals surface area (Å²) in [4.78, 5) is 0.0375. The fourth-order valence-electron chi connectivity index (χ4n) is 2.30. The van der Waals surface area contributed by atoms with Gasteiger partial charge in [0.15, 0.2) is 0 Å². The first-order valence-electron chi connectivity index (χ1n) is 6.06. The van der Waals surface area contributed by atoms with Gasteiger partial charge < -0.3 is 10.8 Å². The number of β-amino-alcohol motifs (C(OH)–C–C–N with tert-alkyl or cyclic N) is 1. The van der Waals surface area contributed by atoms with Crippen LogP contribution < -0.4 is 5.73 Å². The number of sulfonamides is 1. The van der Waals surface area contributed by atoms with E-state index in [0.29, 0.717) is 11.4 Å². The van der Waals surface area contributed by atoms with Crippen LogP contribution >= 0.6 is 11.6 Å². The minimum atomic E-state index is -3.65. The molecule has 5 nitrogen and oxygen atoms in total. The number of rotatable bonds is 4. The summed E-state index contributed by atoms with van der Waals surface area (Å²) in [5.41, 5.74) is 4.92. The number of anilines is 1. The second-order valence-electron chi connectivity index (χ2n) is 4.93. The van der Waals surface area contributed by atoms with Gasteiger partial charge in [0.2, 0.25) is 10.0 Å². The highest BCUT2D eigenvalue weighted by Crippen LogP contribution is 2.33. The Morgan fingerprint density at radius 2 is 2.11 bits per heavy atom. The Hall–Kier alpha value is -0.820. The maximum Gasteiger partial charge on any atom is 0.245 e. The summed E-state index contributed by atoms with van der Waals surface area (Å²) in [6, 6.07) is 4.29. The van der Waals surface area contributed by atoms with Crippen LogP contribution in [0.3, 0.4) is 0 Å². The van der Waals surface area contributed by atoms with Crippen molar-refractivity contribution in [3.05, 3.63) is 23.2 Å². The molecule has 0 atom stereocenters. The second kappa shape index (κ2) is 4.94. The highest BCUT2D eigenvalue weighted by atomic mass is 35.5. The summed E-state index contributed by atoms with van der Waals surface area (Å²) in [5.74, 6) is 0. The monoisotopic (exact) mass is 304 g/mol. The molecule has 1 aliphatic rings. The summed E-state index contributed by atoms with van der Waals surface area (Å²) in [6.45, 7) is 2.18. The third-order valence-electron chi connectivity index (χ3n) is 3.25. The van der Waals surface area contributed by atoms with Gasteiger partial charge in [0, 0.05) is 18.1 Å². The number of hydrogen-bond acceptors (Lipinski definition) is 4. The van der Waals surface area contributed by atoms with Crippen molar-refractivity contribution in [1.82, 2.24) is 4.31 Å². The van der Waals surface area contributed by atoms with Gasteiger partial charge in [-0.3, -0.25) is 0 Å². The Kier molecular flexibility index (Phi) is 3.79. The zero-order valence-corrected chi connectivity index (χ0v) is 12.2. The molecule has 0 spiro atoms. The lowest BCUT2D eigenvalue weighted by molar-refractivity contribution is -0.0653. The van der Waals surface area contributed by atoms with Crippen LogP contribution in [0.15, 0.2) is 23.1 Å². The van der Waals surface area contributed by atoms with Crippen LogP contribution in [0.2, 0.25) is 5.02 Å². The smallest absolute Gasteiger partial charge is 0.245 e. The molecule has 1 aromatic carbocycles. The summed E-state index contributed by atoms with van der Waals surface area (Å²) in [7, 11) is -3.65. The van der Waals surface area contributed by atoms with Crippen LogP contribution in [0, 0.1) is 0 Å². The fraction of sp³-hybridized carbons (Fsp3) is 0.500. The predicted octanol–water partition coefficient (Wildman–Crippen LogP) is 1.46. The highest BCUT2D eigenvalue weighted by molar-refractivity contribution is 7.89. The molecule has 0 unspecified atom stereocenters. The van der Waals surface area contributed by atoms with Crippen LogP contribution in [0.5, 0.6) is 0 Å². The molecule has 1 heterocycles. The van der Waals surface area contributed by atoms with Crippen molar-refractivity contribution < 1.29 is 13.5 Å². The minimum Gasteiger partial charge on any atom is -0.398 e. The van der Waals surface area contributed by atoms with Gasteiger partial charge in [-0.05, 0) is 24.6 Å². The van der Waals surface area contributed by atoms with E-state index >= 15 is 0 Å². The summed E-state index contributed by atoms with van der Waals surface area (Å²) in [6.07, 6.45) is 1.41. The Morgan fingerprint density at radius 1 is 1.47 bits per heavy atom. The van der Waals surface area contributed by atoms with Gasteiger partial charge in [-0.15, -0.1) is 0 Å². The van der Waals surface area contributed by atoms with Gasteiger partial charge in [-0.25, -0.2) is 8.42 Å². The summed E-state index contributed by atoms with van der Waals surface area (Å²) < 4.78 is 25.9. The number of nitrogens with two attached hydrogens (primary N) is 1. The van der Waals surface area contributed by atoms with Crippen molar-refractivity contribution in [3.8, 4) is 0 Å². The molecule has 2 rings (SSSR count). The predicted molar refractivity (Wildman–Crippen MR) is 74.5 cm³/mol. The number of benzene rings is 1. The van der Waals surface area contributed by atoms with Crippen LogP contribution in [-0.2, 0) is 10.0 Å². The Balaban J connectivity index is 2.21. The first kappa shape index (κ1) is 14.6. The van der Waals surface area contributed by atoms with Gasteiger partial charge >= 0.3 is 0 Å². The standard InChI is InChI=1S/C12H17ClN2O3S/c1-2-5-12(16)7-15(8-12)19(17,18)11-4-3-9(13)6-10(11)14/h3-4,6,16H,2,5,7-8,14H2,1H3. The lowest BCUT2D eigenvalue weighted by Crippen LogP contribution is -2.63. The molecule has 0 amide bonds. The number of halogens is 1. The van der Waals surface area contributed by atoms with E-state index in [2.05, 4.69) is 0 Å². The molecule has 106 valence electrons. The van der Waals surface area contributed by atoms with Crippen molar-refractivity contribution in [1.29, 1.82) is 0 Å². The molecule has 1 saturated heterocycles. The minimum absolute atomic E-state index is 0.0375. The van der Waals surface area contributed by atoms with Crippen molar-refractivity contribution in [2.75, 3.05) is 18.8 Å². The van der Waals surface area contributed by atoms with Crippen LogP contribution in [0.25, 0.3) is 0 Å². The van der Waals surface area contributed by atoms with Crippen LogP contribution in [0.4, 0.5) is 5.69 Å². The third-order valence-corrected chi connectivity index (χ3v) is 5.35. The van der Waals surface area contributed by atoms with Crippen molar-refractivity contribution in [2.45, 2.75) is 30.3 Å². The SMILES string of the molecule is CCCC1(O)CN(S(=O)(=O)c2ccc(Cl)cc2N)C1. The molecule has 0 aromatic heterocycles. The zero-order chi connectivity index (χ0) is 14.3. The fourth-order valence-corrected chi connectivity index (χ4v) is 4.17. The average Bonchev–Trinajstić information content (AvgIpc) is 2.25. The van der Waals surface area contributed by atoms with Gasteiger partial charge in [0.1, 0.15) is 4.90 Å². The molecular formula is C12H17ClN2O3S. The summed E-state index contributed by atoms with van der Waals surface area (Å²) in [5, 5.41) is 10.4. The number of nitrogen functional groups attached to an aromatic ring is 1. The molecule has 3 N–H and O–H groups in total. The topological polar surface area (TPSA) is 83.6 Å². The maximum atomic E-state index is 12.3. The second-order valence-corrected chi connectivity index (χ2v) is 7.27. The normalized spacial score (nSPS) is 19.1. The number of hydrogen-bond donors (Lipinski definition) is 2. The van der Waals surface area contributed by atoms with E-state index in [1.165, 1.54) is 22.5 Å². The van der Waals surface area contributed by atoms with Gasteiger partial charge in [-0.1, -0.05) is 24.9 Å². The Labute approximate surface area is 118 Å². The quantitative estimate of drug-likeness (QED) is 0.825. The first-order valence-corrected chi connectivity index (χ1v) is 7.88. The van der Waals surface area contributed by atoms with Crippen molar-refractivity contribution in [3.63, 3.8) is 0 Å². The van der Waals surface area contributed by atoms with Gasteiger partial charge in [0.25, 0.3) is 0 Å². The van der Waals surface area contributed by atoms with E-state index in [1.807, 2.05) is 6.92 Å². The Morgan fingerprint density at radius 3 is 2.63 bits per heavy atom. The molecule has 1 fully saturated rings. The van der Waals surface area contributed by atoms with E-state index in [-0.39, 0.29) is 23.7 Å². The number of nitrogens with zero attached hydrogens (tertiary/aromatic N) is 1. The van der Waals surface area contributed by atoms with Crippen LogP contribution in [0.1, 0.15) is 19.8 Å². The lowest BCUT2D eigenvalue weighted by Gasteiger charge is -2.45. The molecule has 19 heavy (non-hydrogen) atoms. The van der Waals surface area contributed by atoms with Crippen LogP contribution in [-0.4, -0.2) is 36.5 Å². The Bertz CT molecular complexity index is 583. The molecule has 1 aliphatic heterocycles. The molecule has 0 aliphatic carbocycles. The van der Waals surface area contributed by atoms with Crippen molar-refractivity contribution >= 4 is 27.3 Å². The summed E-state index contributed by atoms with van der Waals surface area (Å²) >= 11 is 5.75. The maximum absolute atomic E-state index is 12.3. The lowest BCUT2D eigenvalue weighted by atomic mass is 9.92. The zero-order valence-electron chi connectivity index (χ0n) is 10.6. The molecular weight excluding hydrogens is 288 g/mol. The molecule has 7 heteroatoms. The van der Waals surface area contributed by atoms with E-state index in [1.54, 1.807) is 0 Å². The molecule has 0 radical (unpaired) electrons. The van der Waals surface area contributed by atoms with E-state index in [0.717, 1.165) is 6.42 Å². The van der Waals surface area contributed by atoms with Gasteiger partial charge in [-0.2, -0.15) is 4.31 Å². The number of aliphatic hydroxyl groups is 1. The molecule has 1 aromatic rings. The molecule has 0 saturated carbocycles. The van der Waals surface area contributed by atoms with E-state index in [4.69, 9.17) is 17.3 Å². The van der Waals surface area contributed by atoms with E-state index in [9.17, 15) is 13.5 Å². The average molecular weight is 305 g/mol. The van der Waals surface area contributed by atoms with E-state index < -0.39 is 15.6 Å². The molecule has 0 bridgehead atoms. The largest absolute Gasteiger partial charge is 0.398 e. The third kappa shape index (κ3) is 2.72. The first-order chi connectivity index (χ1) is 8.78. The van der Waals surface area contributed by atoms with Crippen molar-refractivity contribution in [2.24, 2.45) is 0 Å². The highest BCUT2D eigenvalue weighted by Gasteiger charge is 2.46. The van der Waals surface area contributed by atoms with Gasteiger partial charge in [0.05, 0.1) is 11.3 Å².